The van der Waals surface area contributed by atoms with Crippen LogP contribution in [0.4, 0.5) is 0 Å². The molecule has 0 amide bonds. The van der Waals surface area contributed by atoms with Gasteiger partial charge in [0.1, 0.15) is 0 Å². The third kappa shape index (κ3) is 5.20. The summed E-state index contributed by atoms with van der Waals surface area (Å²) in [5.74, 6) is 0. The van der Waals surface area contributed by atoms with E-state index in [1.165, 1.54) is 5.56 Å². The molecule has 0 aliphatic rings. The number of hydrogen-bond acceptors (Lipinski definition) is 4. The molecule has 0 atom stereocenters. The highest BCUT2D eigenvalue weighted by Gasteiger charge is 2.18. The Balaban J connectivity index is 1.42. The van der Waals surface area contributed by atoms with E-state index < -0.39 is 9.84 Å². The second-order valence-electron chi connectivity index (χ2n) is 8.27. The van der Waals surface area contributed by atoms with Gasteiger partial charge in [-0.3, -0.25) is 4.98 Å². The van der Waals surface area contributed by atoms with Gasteiger partial charge in [0.25, 0.3) is 0 Å². The summed E-state index contributed by atoms with van der Waals surface area (Å²) in [5, 5.41) is 0. The van der Waals surface area contributed by atoms with Crippen LogP contribution < -0.4 is 0 Å². The van der Waals surface area contributed by atoms with Crippen molar-refractivity contribution in [2.24, 2.45) is 0 Å². The van der Waals surface area contributed by atoms with Gasteiger partial charge in [0.05, 0.1) is 21.2 Å². The number of aromatic nitrogens is 2. The highest BCUT2D eigenvalue weighted by atomic mass is 32.2. The van der Waals surface area contributed by atoms with E-state index in [4.69, 9.17) is 4.98 Å². The Hall–Kier alpha value is -4.09. The summed E-state index contributed by atoms with van der Waals surface area (Å²) >= 11 is 0. The maximum absolute atomic E-state index is 13.1. The molecule has 0 fully saturated rings. The lowest BCUT2D eigenvalue weighted by molar-refractivity contribution is 0.596. The van der Waals surface area contributed by atoms with Crippen molar-refractivity contribution in [3.63, 3.8) is 0 Å². The molecular formula is C30H24N2O2S. The Morgan fingerprint density at radius 2 is 1.23 bits per heavy atom. The van der Waals surface area contributed by atoms with Crippen LogP contribution in [-0.2, 0) is 22.7 Å². The Morgan fingerprint density at radius 3 is 1.97 bits per heavy atom. The molecule has 2 heterocycles. The quantitative estimate of drug-likeness (QED) is 0.272. The van der Waals surface area contributed by atoms with Crippen LogP contribution in [0, 0.1) is 0 Å². The minimum atomic E-state index is -3.60. The van der Waals surface area contributed by atoms with Crippen molar-refractivity contribution >= 4 is 9.84 Å². The summed E-state index contributed by atoms with van der Waals surface area (Å²) < 4.78 is 26.2. The molecule has 0 saturated heterocycles. The topological polar surface area (TPSA) is 59.9 Å². The number of rotatable bonds is 7. The summed E-state index contributed by atoms with van der Waals surface area (Å²) in [7, 11) is -3.60. The molecule has 0 unspecified atom stereocenters. The van der Waals surface area contributed by atoms with E-state index in [9.17, 15) is 8.42 Å². The average molecular weight is 477 g/mol. The Labute approximate surface area is 205 Å². The summed E-state index contributed by atoms with van der Waals surface area (Å²) in [4.78, 5) is 9.80. The predicted molar refractivity (Wildman–Crippen MR) is 139 cm³/mol. The number of aryl methyl sites for hydroxylation is 2. The standard InChI is InChI=1S/C30H24N2O2S/c33-35(34,27-13-2-1-3-14-27)28-15-7-11-25(22-28)30-17-8-16-29(32-30)24-10-6-9-23(21-24)18-19-26-12-4-5-20-31-26/h1-17,20-22H,18-19H2. The van der Waals surface area contributed by atoms with E-state index in [0.717, 1.165) is 41.1 Å². The zero-order valence-electron chi connectivity index (χ0n) is 19.1. The van der Waals surface area contributed by atoms with Crippen molar-refractivity contribution in [2.75, 3.05) is 0 Å². The number of hydrogen-bond donors (Lipinski definition) is 0. The molecule has 4 nitrogen and oxygen atoms in total. The highest BCUT2D eigenvalue weighted by molar-refractivity contribution is 7.91. The Kier molecular flexibility index (Phi) is 6.51. The molecule has 0 spiro atoms. The number of pyridine rings is 2. The fourth-order valence-electron chi connectivity index (χ4n) is 4.02. The van der Waals surface area contributed by atoms with Gasteiger partial charge in [-0.1, -0.05) is 60.7 Å². The average Bonchev–Trinajstić information content (AvgIpc) is 2.93. The molecule has 5 aromatic rings. The molecule has 35 heavy (non-hydrogen) atoms. The largest absolute Gasteiger partial charge is 0.261 e. The Bertz CT molecular complexity index is 1550. The van der Waals surface area contributed by atoms with Crippen LogP contribution in [0.5, 0.6) is 0 Å². The molecular weight excluding hydrogens is 452 g/mol. The van der Waals surface area contributed by atoms with Crippen molar-refractivity contribution in [1.29, 1.82) is 0 Å². The highest BCUT2D eigenvalue weighted by Crippen LogP contribution is 2.27. The molecule has 0 aliphatic heterocycles. The monoisotopic (exact) mass is 476 g/mol. The van der Waals surface area contributed by atoms with Crippen LogP contribution in [0.2, 0.25) is 0 Å². The van der Waals surface area contributed by atoms with Crippen LogP contribution >= 0.6 is 0 Å². The van der Waals surface area contributed by atoms with E-state index >= 15 is 0 Å². The van der Waals surface area contributed by atoms with Crippen molar-refractivity contribution in [3.8, 4) is 22.5 Å². The van der Waals surface area contributed by atoms with Crippen LogP contribution in [0.3, 0.4) is 0 Å². The summed E-state index contributed by atoms with van der Waals surface area (Å²) in [5.41, 5.74) is 5.65. The lowest BCUT2D eigenvalue weighted by Gasteiger charge is -2.09. The van der Waals surface area contributed by atoms with Gasteiger partial charge in [-0.05, 0) is 73.0 Å². The normalized spacial score (nSPS) is 11.3. The molecule has 5 heteroatoms. The second-order valence-corrected chi connectivity index (χ2v) is 10.2. The third-order valence-corrected chi connectivity index (χ3v) is 7.63. The van der Waals surface area contributed by atoms with E-state index in [-0.39, 0.29) is 9.79 Å². The maximum atomic E-state index is 13.1. The first-order chi connectivity index (χ1) is 17.1. The van der Waals surface area contributed by atoms with E-state index in [1.807, 2.05) is 60.8 Å². The van der Waals surface area contributed by atoms with Crippen LogP contribution in [0.15, 0.2) is 131 Å². The third-order valence-electron chi connectivity index (χ3n) is 5.86. The zero-order chi connectivity index (χ0) is 24.1. The SMILES string of the molecule is O=S(=O)(c1ccccc1)c1cccc(-c2cccc(-c3cccc(CCc4ccccn4)c3)n2)c1. The molecule has 3 aromatic carbocycles. The lowest BCUT2D eigenvalue weighted by Crippen LogP contribution is -2.02. The fourth-order valence-corrected chi connectivity index (χ4v) is 5.35. The zero-order valence-corrected chi connectivity index (χ0v) is 19.9. The first kappa shape index (κ1) is 22.7. The van der Waals surface area contributed by atoms with Gasteiger partial charge in [0, 0.05) is 23.0 Å². The van der Waals surface area contributed by atoms with Crippen molar-refractivity contribution in [2.45, 2.75) is 22.6 Å². The number of sulfone groups is 1. The van der Waals surface area contributed by atoms with Gasteiger partial charge in [0.2, 0.25) is 9.84 Å². The van der Waals surface area contributed by atoms with Gasteiger partial charge >= 0.3 is 0 Å². The van der Waals surface area contributed by atoms with Crippen LogP contribution in [0.25, 0.3) is 22.5 Å². The van der Waals surface area contributed by atoms with Gasteiger partial charge < -0.3 is 0 Å². The number of nitrogens with zero attached hydrogens (tertiary/aromatic N) is 2. The molecule has 0 radical (unpaired) electrons. The van der Waals surface area contributed by atoms with Gasteiger partial charge in [-0.15, -0.1) is 0 Å². The molecule has 2 aromatic heterocycles. The fraction of sp³-hybridized carbons (Fsp3) is 0.0667. The predicted octanol–water partition coefficient (Wildman–Crippen LogP) is 6.43. The van der Waals surface area contributed by atoms with Crippen LogP contribution in [-0.4, -0.2) is 18.4 Å². The first-order valence-electron chi connectivity index (χ1n) is 11.5. The first-order valence-corrected chi connectivity index (χ1v) is 12.9. The number of benzene rings is 3. The Morgan fingerprint density at radius 1 is 0.571 bits per heavy atom. The van der Waals surface area contributed by atoms with Gasteiger partial charge in [-0.2, -0.15) is 0 Å². The molecule has 5 rings (SSSR count). The van der Waals surface area contributed by atoms with E-state index in [2.05, 4.69) is 17.1 Å². The minimum Gasteiger partial charge on any atom is -0.261 e. The van der Waals surface area contributed by atoms with Gasteiger partial charge in [0.15, 0.2) is 0 Å². The summed E-state index contributed by atoms with van der Waals surface area (Å²) in [6, 6.07) is 35.6. The van der Waals surface area contributed by atoms with Crippen molar-refractivity contribution < 1.29 is 8.42 Å². The maximum Gasteiger partial charge on any atom is 0.206 e. The molecule has 172 valence electrons. The smallest absolute Gasteiger partial charge is 0.206 e. The lowest BCUT2D eigenvalue weighted by atomic mass is 10.0. The molecule has 0 saturated carbocycles. The summed E-state index contributed by atoms with van der Waals surface area (Å²) in [6.07, 6.45) is 3.59. The van der Waals surface area contributed by atoms with Crippen LogP contribution in [0.1, 0.15) is 11.3 Å². The van der Waals surface area contributed by atoms with Crippen molar-refractivity contribution in [3.05, 3.63) is 133 Å². The molecule has 0 aliphatic carbocycles. The van der Waals surface area contributed by atoms with Gasteiger partial charge in [-0.25, -0.2) is 13.4 Å². The van der Waals surface area contributed by atoms with Crippen molar-refractivity contribution in [1.82, 2.24) is 9.97 Å². The van der Waals surface area contributed by atoms with E-state index in [0.29, 0.717) is 0 Å². The molecule has 0 bridgehead atoms. The van der Waals surface area contributed by atoms with E-state index in [1.54, 1.807) is 48.5 Å². The molecule has 0 N–H and O–H groups in total. The summed E-state index contributed by atoms with van der Waals surface area (Å²) in [6.45, 7) is 0. The second kappa shape index (κ2) is 10.0. The minimum absolute atomic E-state index is 0.255.